The molecule has 0 saturated heterocycles. The lowest BCUT2D eigenvalue weighted by Crippen LogP contribution is -2.09. The van der Waals surface area contributed by atoms with E-state index < -0.39 is 10.1 Å². The standard InChI is InChI=1S/C15H21ClO3S/c1-20(17,18)19-11-14-8-7-13(10-15(14)16)9-12-5-3-2-4-6-12/h7-8,10,12H,2-6,9,11H2,1H3. The van der Waals surface area contributed by atoms with E-state index >= 15 is 0 Å². The third-order valence-electron chi connectivity index (χ3n) is 3.80. The maximum atomic E-state index is 11.0. The zero-order chi connectivity index (χ0) is 14.6. The lowest BCUT2D eigenvalue weighted by molar-refractivity contribution is 0.311. The van der Waals surface area contributed by atoms with Crippen LogP contribution in [0.25, 0.3) is 0 Å². The smallest absolute Gasteiger partial charge is 0.264 e. The number of rotatable bonds is 5. The molecule has 1 aliphatic rings. The molecule has 3 nitrogen and oxygen atoms in total. The summed E-state index contributed by atoms with van der Waals surface area (Å²) < 4.78 is 26.7. The average molecular weight is 317 g/mol. The van der Waals surface area contributed by atoms with E-state index in [0.29, 0.717) is 10.6 Å². The number of halogens is 1. The topological polar surface area (TPSA) is 43.4 Å². The fourth-order valence-electron chi connectivity index (χ4n) is 2.73. The lowest BCUT2D eigenvalue weighted by atomic mass is 9.85. The van der Waals surface area contributed by atoms with Gasteiger partial charge >= 0.3 is 0 Å². The van der Waals surface area contributed by atoms with E-state index in [1.165, 1.54) is 37.7 Å². The summed E-state index contributed by atoms with van der Waals surface area (Å²) in [5, 5.41) is 0.585. The van der Waals surface area contributed by atoms with Crippen LogP contribution in [0.3, 0.4) is 0 Å². The summed E-state index contributed by atoms with van der Waals surface area (Å²) in [6.07, 6.45) is 8.73. The molecule has 1 aliphatic carbocycles. The maximum absolute atomic E-state index is 11.0. The predicted molar refractivity (Wildman–Crippen MR) is 81.4 cm³/mol. The van der Waals surface area contributed by atoms with Crippen LogP contribution in [0.5, 0.6) is 0 Å². The van der Waals surface area contributed by atoms with E-state index in [9.17, 15) is 8.42 Å². The predicted octanol–water partition coefficient (Wildman–Crippen LogP) is 3.94. The monoisotopic (exact) mass is 316 g/mol. The van der Waals surface area contributed by atoms with E-state index in [1.807, 2.05) is 18.2 Å². The molecule has 0 radical (unpaired) electrons. The fourth-order valence-corrected chi connectivity index (χ4v) is 3.33. The molecule has 1 aromatic rings. The van der Waals surface area contributed by atoms with Crippen LogP contribution in [0.1, 0.15) is 43.2 Å². The summed E-state index contributed by atoms with van der Waals surface area (Å²) in [6, 6.07) is 5.84. The largest absolute Gasteiger partial charge is 0.265 e. The minimum absolute atomic E-state index is 0.00136. The third kappa shape index (κ3) is 5.08. The Bertz CT molecular complexity index is 548. The van der Waals surface area contributed by atoms with Gasteiger partial charge < -0.3 is 0 Å². The second kappa shape index (κ2) is 6.92. The van der Waals surface area contributed by atoms with Gasteiger partial charge in [-0.3, -0.25) is 4.18 Å². The normalized spacial score (nSPS) is 17.3. The molecule has 0 heterocycles. The van der Waals surface area contributed by atoms with Crippen molar-refractivity contribution in [2.75, 3.05) is 6.26 Å². The molecule has 0 aromatic heterocycles. The molecule has 112 valence electrons. The summed E-state index contributed by atoms with van der Waals surface area (Å²) in [5.41, 5.74) is 1.94. The minimum atomic E-state index is -3.43. The van der Waals surface area contributed by atoms with Gasteiger partial charge in [0.2, 0.25) is 0 Å². The van der Waals surface area contributed by atoms with Gasteiger partial charge in [0.1, 0.15) is 0 Å². The zero-order valence-electron chi connectivity index (χ0n) is 11.8. The van der Waals surface area contributed by atoms with E-state index in [4.69, 9.17) is 15.8 Å². The van der Waals surface area contributed by atoms with E-state index in [-0.39, 0.29) is 6.61 Å². The van der Waals surface area contributed by atoms with Crippen LogP contribution in [0.2, 0.25) is 5.02 Å². The summed E-state index contributed by atoms with van der Waals surface area (Å²) in [5.74, 6) is 0.762. The molecule has 1 saturated carbocycles. The lowest BCUT2D eigenvalue weighted by Gasteiger charge is -2.21. The van der Waals surface area contributed by atoms with Gasteiger partial charge in [-0.25, -0.2) is 0 Å². The van der Waals surface area contributed by atoms with Crippen molar-refractivity contribution < 1.29 is 12.6 Å². The number of hydrogen-bond acceptors (Lipinski definition) is 3. The van der Waals surface area contributed by atoms with Crippen LogP contribution >= 0.6 is 11.6 Å². The molecule has 2 rings (SSSR count). The Kier molecular flexibility index (Phi) is 5.47. The Labute approximate surface area is 126 Å². The highest BCUT2D eigenvalue weighted by atomic mass is 35.5. The van der Waals surface area contributed by atoms with Crippen molar-refractivity contribution in [2.45, 2.75) is 45.1 Å². The van der Waals surface area contributed by atoms with Crippen LogP contribution in [0.4, 0.5) is 0 Å². The summed E-state index contributed by atoms with van der Waals surface area (Å²) in [4.78, 5) is 0. The molecule has 0 unspecified atom stereocenters. The van der Waals surface area contributed by atoms with Crippen molar-refractivity contribution in [3.8, 4) is 0 Å². The van der Waals surface area contributed by atoms with Crippen molar-refractivity contribution in [2.24, 2.45) is 5.92 Å². The van der Waals surface area contributed by atoms with Gasteiger partial charge in [0.25, 0.3) is 10.1 Å². The second-order valence-corrected chi connectivity index (χ2v) is 7.65. The molecule has 20 heavy (non-hydrogen) atoms. The Morgan fingerprint density at radius 3 is 2.55 bits per heavy atom. The third-order valence-corrected chi connectivity index (χ3v) is 4.69. The van der Waals surface area contributed by atoms with Crippen molar-refractivity contribution in [3.63, 3.8) is 0 Å². The first-order valence-electron chi connectivity index (χ1n) is 7.06. The first-order valence-corrected chi connectivity index (χ1v) is 9.25. The minimum Gasteiger partial charge on any atom is -0.265 e. The first-order chi connectivity index (χ1) is 9.44. The Morgan fingerprint density at radius 1 is 1.25 bits per heavy atom. The molecular weight excluding hydrogens is 296 g/mol. The van der Waals surface area contributed by atoms with E-state index in [1.54, 1.807) is 0 Å². The molecule has 0 amide bonds. The molecular formula is C15H21ClO3S. The van der Waals surface area contributed by atoms with Gasteiger partial charge in [0.15, 0.2) is 0 Å². The average Bonchev–Trinajstić information content (AvgIpc) is 2.38. The van der Waals surface area contributed by atoms with Gasteiger partial charge in [0.05, 0.1) is 12.9 Å². The first kappa shape index (κ1) is 15.8. The quantitative estimate of drug-likeness (QED) is 0.773. The van der Waals surface area contributed by atoms with Gasteiger partial charge in [-0.05, 0) is 29.5 Å². The molecule has 0 N–H and O–H groups in total. The zero-order valence-corrected chi connectivity index (χ0v) is 13.3. The second-order valence-electron chi connectivity index (χ2n) is 5.60. The number of benzene rings is 1. The molecule has 0 atom stereocenters. The molecule has 1 fully saturated rings. The van der Waals surface area contributed by atoms with Crippen molar-refractivity contribution in [1.29, 1.82) is 0 Å². The van der Waals surface area contributed by atoms with Crippen molar-refractivity contribution in [3.05, 3.63) is 34.3 Å². The van der Waals surface area contributed by atoms with Gasteiger partial charge in [-0.1, -0.05) is 55.8 Å². The van der Waals surface area contributed by atoms with Crippen LogP contribution < -0.4 is 0 Å². The molecule has 0 bridgehead atoms. The highest BCUT2D eigenvalue weighted by molar-refractivity contribution is 7.85. The van der Waals surface area contributed by atoms with Crippen LogP contribution in [0, 0.1) is 5.92 Å². The van der Waals surface area contributed by atoms with Gasteiger partial charge in [0, 0.05) is 5.02 Å². The Morgan fingerprint density at radius 2 is 1.95 bits per heavy atom. The molecule has 0 spiro atoms. The Balaban J connectivity index is 1.97. The number of hydrogen-bond donors (Lipinski definition) is 0. The van der Waals surface area contributed by atoms with Crippen molar-refractivity contribution >= 4 is 21.7 Å². The summed E-state index contributed by atoms with van der Waals surface area (Å²) >= 11 is 6.20. The molecule has 1 aromatic carbocycles. The molecule has 5 heteroatoms. The fraction of sp³-hybridized carbons (Fsp3) is 0.600. The maximum Gasteiger partial charge on any atom is 0.264 e. The van der Waals surface area contributed by atoms with Crippen molar-refractivity contribution in [1.82, 2.24) is 0 Å². The highest BCUT2D eigenvalue weighted by Crippen LogP contribution is 2.28. The van der Waals surface area contributed by atoms with Crippen LogP contribution in [-0.2, 0) is 27.3 Å². The summed E-state index contributed by atoms with van der Waals surface area (Å²) in [6.45, 7) is 0.00136. The highest BCUT2D eigenvalue weighted by Gasteiger charge is 2.14. The summed E-state index contributed by atoms with van der Waals surface area (Å²) in [7, 11) is -3.43. The van der Waals surface area contributed by atoms with Crippen LogP contribution in [0.15, 0.2) is 18.2 Å². The Hall–Kier alpha value is -0.580. The van der Waals surface area contributed by atoms with Gasteiger partial charge in [-0.2, -0.15) is 8.42 Å². The van der Waals surface area contributed by atoms with E-state index in [0.717, 1.165) is 18.6 Å². The van der Waals surface area contributed by atoms with E-state index in [2.05, 4.69) is 0 Å². The molecule has 0 aliphatic heterocycles. The van der Waals surface area contributed by atoms with Crippen LogP contribution in [-0.4, -0.2) is 14.7 Å². The SMILES string of the molecule is CS(=O)(=O)OCc1ccc(CC2CCCCC2)cc1Cl. The van der Waals surface area contributed by atoms with Gasteiger partial charge in [-0.15, -0.1) is 0 Å².